The van der Waals surface area contributed by atoms with Crippen molar-refractivity contribution in [1.82, 2.24) is 20.2 Å². The van der Waals surface area contributed by atoms with Crippen molar-refractivity contribution in [3.8, 4) is 0 Å². The fourth-order valence-electron chi connectivity index (χ4n) is 4.14. The van der Waals surface area contributed by atoms with Crippen LogP contribution in [0.4, 0.5) is 0 Å². The predicted molar refractivity (Wildman–Crippen MR) is 109 cm³/mol. The van der Waals surface area contributed by atoms with E-state index in [-0.39, 0.29) is 11.5 Å². The van der Waals surface area contributed by atoms with Crippen LogP contribution >= 0.6 is 11.8 Å². The summed E-state index contributed by atoms with van der Waals surface area (Å²) < 4.78 is 0. The largest absolute Gasteiger partial charge is 0.343 e. The molecule has 27 heavy (non-hydrogen) atoms. The first kappa shape index (κ1) is 18.5. The van der Waals surface area contributed by atoms with Gasteiger partial charge in [-0.3, -0.25) is 9.59 Å². The van der Waals surface area contributed by atoms with Gasteiger partial charge in [-0.2, -0.15) is 11.8 Å². The molecule has 7 heteroatoms. The first-order valence-electron chi connectivity index (χ1n) is 9.69. The summed E-state index contributed by atoms with van der Waals surface area (Å²) in [6.45, 7) is 4.02. The number of rotatable bonds is 5. The average molecular weight is 387 g/mol. The van der Waals surface area contributed by atoms with Crippen molar-refractivity contribution in [2.24, 2.45) is 5.41 Å². The fraction of sp³-hybridized carbons (Fsp3) is 0.550. The molecular formula is C20H26N4O2S. The lowest BCUT2D eigenvalue weighted by Crippen LogP contribution is -2.44. The van der Waals surface area contributed by atoms with Crippen molar-refractivity contribution in [2.75, 3.05) is 31.9 Å². The minimum absolute atomic E-state index is 0.101. The van der Waals surface area contributed by atoms with Gasteiger partial charge in [-0.25, -0.2) is 4.98 Å². The van der Waals surface area contributed by atoms with Crippen LogP contribution < -0.4 is 10.9 Å². The summed E-state index contributed by atoms with van der Waals surface area (Å²) in [5.74, 6) is 2.29. The molecule has 2 N–H and O–H groups in total. The van der Waals surface area contributed by atoms with Gasteiger partial charge in [0.25, 0.3) is 5.56 Å². The smallest absolute Gasteiger partial charge is 0.258 e. The average Bonchev–Trinajstić information content (AvgIpc) is 3.14. The molecule has 2 aliphatic rings. The topological polar surface area (TPSA) is 78.1 Å². The summed E-state index contributed by atoms with van der Waals surface area (Å²) in [5, 5.41) is 4.07. The van der Waals surface area contributed by atoms with Crippen molar-refractivity contribution in [2.45, 2.75) is 31.4 Å². The van der Waals surface area contributed by atoms with Gasteiger partial charge in [0.15, 0.2) is 0 Å². The quantitative estimate of drug-likeness (QED) is 0.770. The van der Waals surface area contributed by atoms with E-state index in [1.165, 1.54) is 6.42 Å². The van der Waals surface area contributed by atoms with Gasteiger partial charge >= 0.3 is 0 Å². The lowest BCUT2D eigenvalue weighted by atomic mass is 9.78. The number of fused-ring (bicyclic) bond motifs is 1. The van der Waals surface area contributed by atoms with E-state index in [9.17, 15) is 9.59 Å². The summed E-state index contributed by atoms with van der Waals surface area (Å²) in [7, 11) is 0. The second kappa shape index (κ2) is 8.02. The molecule has 0 saturated carbocycles. The van der Waals surface area contributed by atoms with Crippen molar-refractivity contribution in [1.29, 1.82) is 0 Å². The van der Waals surface area contributed by atoms with E-state index in [0.29, 0.717) is 28.8 Å². The summed E-state index contributed by atoms with van der Waals surface area (Å²) >= 11 is 1.64. The number of amides is 1. The minimum atomic E-state index is -0.101. The van der Waals surface area contributed by atoms with Crippen LogP contribution in [0, 0.1) is 5.41 Å². The van der Waals surface area contributed by atoms with Crippen molar-refractivity contribution in [3.05, 3.63) is 40.4 Å². The van der Waals surface area contributed by atoms with E-state index in [1.54, 1.807) is 17.8 Å². The van der Waals surface area contributed by atoms with E-state index in [4.69, 9.17) is 0 Å². The zero-order valence-electron chi connectivity index (χ0n) is 15.5. The second-order valence-electron chi connectivity index (χ2n) is 7.64. The molecule has 0 aliphatic carbocycles. The third-order valence-electron chi connectivity index (χ3n) is 5.87. The normalized spacial score (nSPS) is 19.0. The van der Waals surface area contributed by atoms with E-state index in [0.717, 1.165) is 50.3 Å². The molecule has 1 spiro atoms. The number of H-pyrrole nitrogens is 1. The van der Waals surface area contributed by atoms with Gasteiger partial charge in [-0.1, -0.05) is 12.1 Å². The molecular weight excluding hydrogens is 360 g/mol. The number of thioether (sulfide) groups is 1. The van der Waals surface area contributed by atoms with Crippen LogP contribution in [0.3, 0.4) is 0 Å². The Morgan fingerprint density at radius 1 is 1.22 bits per heavy atom. The zero-order chi connectivity index (χ0) is 18.7. The second-order valence-corrected chi connectivity index (χ2v) is 8.75. The molecule has 144 valence electrons. The summed E-state index contributed by atoms with van der Waals surface area (Å²) in [5.41, 5.74) is 1.06. The molecule has 2 aliphatic heterocycles. The highest BCUT2D eigenvalue weighted by molar-refractivity contribution is 7.98. The number of hydrogen-bond donors (Lipinski definition) is 2. The Morgan fingerprint density at radius 2 is 2.04 bits per heavy atom. The van der Waals surface area contributed by atoms with Crippen LogP contribution in [0.2, 0.25) is 0 Å². The van der Waals surface area contributed by atoms with Crippen molar-refractivity contribution >= 4 is 28.6 Å². The van der Waals surface area contributed by atoms with Gasteiger partial charge in [-0.15, -0.1) is 0 Å². The standard InChI is InChI=1S/C20H26N4O2S/c25-18(24-10-7-20(8-11-24)6-9-21-14-20)5-12-27-13-17-22-16-4-2-1-3-15(16)19(26)23-17/h1-4,21H,5-14H2,(H,22,23,26). The molecule has 3 heterocycles. The predicted octanol–water partition coefficient (Wildman–Crippen LogP) is 2.15. The van der Waals surface area contributed by atoms with E-state index in [1.807, 2.05) is 23.1 Å². The van der Waals surface area contributed by atoms with Gasteiger partial charge < -0.3 is 15.2 Å². The number of piperidine rings is 1. The first-order valence-corrected chi connectivity index (χ1v) is 10.8. The number of aromatic nitrogens is 2. The Balaban J connectivity index is 1.23. The fourth-order valence-corrected chi connectivity index (χ4v) is 4.94. The zero-order valence-corrected chi connectivity index (χ0v) is 16.3. The monoisotopic (exact) mass is 386 g/mol. The third kappa shape index (κ3) is 4.19. The molecule has 0 atom stereocenters. The van der Waals surface area contributed by atoms with Crippen LogP contribution in [0.25, 0.3) is 10.9 Å². The Morgan fingerprint density at radius 3 is 2.81 bits per heavy atom. The number of nitrogens with one attached hydrogen (secondary N) is 2. The maximum absolute atomic E-state index is 12.5. The van der Waals surface area contributed by atoms with Gasteiger partial charge in [0, 0.05) is 31.8 Å². The van der Waals surface area contributed by atoms with E-state index < -0.39 is 0 Å². The van der Waals surface area contributed by atoms with Crippen LogP contribution in [0.5, 0.6) is 0 Å². The Kier molecular flexibility index (Phi) is 5.50. The molecule has 6 nitrogen and oxygen atoms in total. The van der Waals surface area contributed by atoms with Crippen LogP contribution in [0.1, 0.15) is 31.5 Å². The number of para-hydroxylation sites is 1. The number of hydrogen-bond acceptors (Lipinski definition) is 5. The summed E-state index contributed by atoms with van der Waals surface area (Å²) in [6, 6.07) is 7.35. The molecule has 0 radical (unpaired) electrons. The highest BCUT2D eigenvalue weighted by Crippen LogP contribution is 2.37. The summed E-state index contributed by atoms with van der Waals surface area (Å²) in [6.07, 6.45) is 4.05. The lowest BCUT2D eigenvalue weighted by Gasteiger charge is -2.39. The number of nitrogens with zero attached hydrogens (tertiary/aromatic N) is 2. The van der Waals surface area contributed by atoms with Gasteiger partial charge in [0.2, 0.25) is 5.91 Å². The summed E-state index contributed by atoms with van der Waals surface area (Å²) in [4.78, 5) is 33.9. The van der Waals surface area contributed by atoms with Gasteiger partial charge in [0.05, 0.1) is 16.7 Å². The Labute approximate surface area is 163 Å². The van der Waals surface area contributed by atoms with Crippen molar-refractivity contribution in [3.63, 3.8) is 0 Å². The maximum atomic E-state index is 12.5. The third-order valence-corrected chi connectivity index (χ3v) is 6.84. The first-order chi connectivity index (χ1) is 13.2. The van der Waals surface area contributed by atoms with Crippen molar-refractivity contribution < 1.29 is 4.79 Å². The number of carbonyl (C=O) groups is 1. The van der Waals surface area contributed by atoms with Crippen LogP contribution in [-0.2, 0) is 10.5 Å². The number of aromatic amines is 1. The number of benzene rings is 1. The molecule has 2 fully saturated rings. The molecule has 0 unspecified atom stereocenters. The van der Waals surface area contributed by atoms with E-state index >= 15 is 0 Å². The van der Waals surface area contributed by atoms with E-state index in [2.05, 4.69) is 15.3 Å². The molecule has 1 aromatic heterocycles. The van der Waals surface area contributed by atoms with Gasteiger partial charge in [0.1, 0.15) is 5.82 Å². The Hall–Kier alpha value is -1.86. The molecule has 0 bridgehead atoms. The maximum Gasteiger partial charge on any atom is 0.258 e. The minimum Gasteiger partial charge on any atom is -0.343 e. The molecule has 1 aromatic carbocycles. The molecule has 2 aromatic rings. The molecule has 2 saturated heterocycles. The van der Waals surface area contributed by atoms with Gasteiger partial charge in [-0.05, 0) is 43.4 Å². The highest BCUT2D eigenvalue weighted by atomic mass is 32.2. The molecule has 1 amide bonds. The lowest BCUT2D eigenvalue weighted by molar-refractivity contribution is -0.132. The number of likely N-dealkylation sites (tertiary alicyclic amines) is 1. The number of carbonyl (C=O) groups excluding carboxylic acids is 1. The highest BCUT2D eigenvalue weighted by Gasteiger charge is 2.37. The van der Waals surface area contributed by atoms with Crippen LogP contribution in [-0.4, -0.2) is 52.7 Å². The SMILES string of the molecule is O=C(CCSCc1nc2ccccc2c(=O)[nH]1)N1CCC2(CCNC2)CC1. The Bertz CT molecular complexity index is 866. The molecule has 4 rings (SSSR count). The van der Waals surface area contributed by atoms with Crippen LogP contribution in [0.15, 0.2) is 29.1 Å².